The summed E-state index contributed by atoms with van der Waals surface area (Å²) in [5.74, 6) is 0. The van der Waals surface area contributed by atoms with Gasteiger partial charge >= 0.3 is 0 Å². The van der Waals surface area contributed by atoms with Gasteiger partial charge in [0.05, 0.1) is 0 Å². The first-order valence-corrected chi connectivity index (χ1v) is 8.18. The lowest BCUT2D eigenvalue weighted by molar-refractivity contribution is 0.526. The Morgan fingerprint density at radius 2 is 1.85 bits per heavy atom. The molecule has 1 aliphatic carbocycles. The first-order chi connectivity index (χ1) is 9.69. The molecule has 0 saturated heterocycles. The molecule has 0 aromatic heterocycles. The Kier molecular flexibility index (Phi) is 5.85. The van der Waals surface area contributed by atoms with E-state index >= 15 is 0 Å². The number of hydrogen-bond donors (Lipinski definition) is 1. The SMILES string of the molecule is CCCNC(Cc1cc(C)cc(C)c1)C1=CCCCC1. The molecule has 1 nitrogen and oxygen atoms in total. The van der Waals surface area contributed by atoms with Gasteiger partial charge in [0.2, 0.25) is 0 Å². The third kappa shape index (κ3) is 4.49. The summed E-state index contributed by atoms with van der Waals surface area (Å²) in [5.41, 5.74) is 5.88. The first-order valence-electron chi connectivity index (χ1n) is 8.18. The minimum absolute atomic E-state index is 0.538. The predicted octanol–water partition coefficient (Wildman–Crippen LogP) is 4.71. The van der Waals surface area contributed by atoms with Gasteiger partial charge in [-0.15, -0.1) is 0 Å². The fourth-order valence-electron chi connectivity index (χ4n) is 3.25. The maximum absolute atomic E-state index is 3.76. The second kappa shape index (κ2) is 7.64. The highest BCUT2D eigenvalue weighted by Crippen LogP contribution is 2.23. The highest BCUT2D eigenvalue weighted by molar-refractivity contribution is 5.30. The number of allylic oxidation sites excluding steroid dienone is 1. The molecule has 2 rings (SSSR count). The Morgan fingerprint density at radius 1 is 1.10 bits per heavy atom. The van der Waals surface area contributed by atoms with E-state index in [0.717, 1.165) is 13.0 Å². The molecule has 1 aliphatic rings. The van der Waals surface area contributed by atoms with Crippen molar-refractivity contribution in [2.45, 2.75) is 65.3 Å². The van der Waals surface area contributed by atoms with E-state index in [1.807, 2.05) is 0 Å². The van der Waals surface area contributed by atoms with Gasteiger partial charge in [0.1, 0.15) is 0 Å². The summed E-state index contributed by atoms with van der Waals surface area (Å²) < 4.78 is 0. The molecule has 0 saturated carbocycles. The van der Waals surface area contributed by atoms with E-state index in [-0.39, 0.29) is 0 Å². The smallest absolute Gasteiger partial charge is 0.0320 e. The number of hydrogen-bond acceptors (Lipinski definition) is 1. The zero-order chi connectivity index (χ0) is 14.4. The molecule has 0 amide bonds. The van der Waals surface area contributed by atoms with Gasteiger partial charge in [-0.3, -0.25) is 0 Å². The summed E-state index contributed by atoms with van der Waals surface area (Å²) in [5, 5.41) is 3.76. The van der Waals surface area contributed by atoms with Crippen molar-refractivity contribution in [3.8, 4) is 0 Å². The fourth-order valence-corrected chi connectivity index (χ4v) is 3.25. The van der Waals surface area contributed by atoms with Gasteiger partial charge in [-0.1, -0.05) is 47.9 Å². The molecule has 110 valence electrons. The van der Waals surface area contributed by atoms with E-state index in [1.54, 1.807) is 5.57 Å². The van der Waals surface area contributed by atoms with Crippen molar-refractivity contribution in [2.24, 2.45) is 0 Å². The monoisotopic (exact) mass is 271 g/mol. The van der Waals surface area contributed by atoms with Crippen LogP contribution in [0.1, 0.15) is 55.7 Å². The van der Waals surface area contributed by atoms with E-state index in [4.69, 9.17) is 0 Å². The molecule has 0 fully saturated rings. The highest BCUT2D eigenvalue weighted by Gasteiger charge is 2.16. The van der Waals surface area contributed by atoms with Crippen molar-refractivity contribution in [3.05, 3.63) is 46.5 Å². The molecule has 20 heavy (non-hydrogen) atoms. The van der Waals surface area contributed by atoms with Gasteiger partial charge in [-0.25, -0.2) is 0 Å². The zero-order valence-corrected chi connectivity index (χ0v) is 13.3. The molecule has 1 unspecified atom stereocenters. The molecule has 0 aliphatic heterocycles. The summed E-state index contributed by atoms with van der Waals surface area (Å²) in [7, 11) is 0. The number of benzene rings is 1. The summed E-state index contributed by atoms with van der Waals surface area (Å²) in [6.45, 7) is 7.76. The van der Waals surface area contributed by atoms with Crippen LogP contribution < -0.4 is 5.32 Å². The van der Waals surface area contributed by atoms with Crippen LogP contribution in [0, 0.1) is 13.8 Å². The van der Waals surface area contributed by atoms with Crippen LogP contribution in [0.4, 0.5) is 0 Å². The Labute approximate surface area is 124 Å². The van der Waals surface area contributed by atoms with Crippen LogP contribution in [0.15, 0.2) is 29.8 Å². The predicted molar refractivity (Wildman–Crippen MR) is 88.3 cm³/mol. The molecule has 0 bridgehead atoms. The lowest BCUT2D eigenvalue weighted by atomic mass is 9.89. The summed E-state index contributed by atoms with van der Waals surface area (Å²) in [4.78, 5) is 0. The average Bonchev–Trinajstić information content (AvgIpc) is 2.43. The molecule has 0 spiro atoms. The Hall–Kier alpha value is -1.08. The van der Waals surface area contributed by atoms with Gasteiger partial charge in [0.25, 0.3) is 0 Å². The van der Waals surface area contributed by atoms with E-state index < -0.39 is 0 Å². The van der Waals surface area contributed by atoms with Crippen LogP contribution >= 0.6 is 0 Å². The van der Waals surface area contributed by atoms with Crippen LogP contribution in [-0.4, -0.2) is 12.6 Å². The van der Waals surface area contributed by atoms with Crippen molar-refractivity contribution in [1.82, 2.24) is 5.32 Å². The van der Waals surface area contributed by atoms with Crippen molar-refractivity contribution in [1.29, 1.82) is 0 Å². The van der Waals surface area contributed by atoms with Gasteiger partial charge in [-0.2, -0.15) is 0 Å². The summed E-state index contributed by atoms with van der Waals surface area (Å²) in [6, 6.07) is 7.49. The number of rotatable bonds is 6. The van der Waals surface area contributed by atoms with Crippen LogP contribution in [0.3, 0.4) is 0 Å². The van der Waals surface area contributed by atoms with Crippen LogP contribution in [0.25, 0.3) is 0 Å². The Morgan fingerprint density at radius 3 is 2.45 bits per heavy atom. The third-order valence-corrected chi connectivity index (χ3v) is 4.14. The van der Waals surface area contributed by atoms with Gasteiger partial charge in [0, 0.05) is 6.04 Å². The summed E-state index contributed by atoms with van der Waals surface area (Å²) >= 11 is 0. The first kappa shape index (κ1) is 15.3. The van der Waals surface area contributed by atoms with Crippen molar-refractivity contribution in [3.63, 3.8) is 0 Å². The molecule has 0 heterocycles. The second-order valence-corrected chi connectivity index (χ2v) is 6.23. The largest absolute Gasteiger partial charge is 0.310 e. The van der Waals surface area contributed by atoms with Crippen molar-refractivity contribution in [2.75, 3.05) is 6.54 Å². The molecule has 1 aromatic carbocycles. The number of nitrogens with one attached hydrogen (secondary N) is 1. The molecule has 1 aromatic rings. The van der Waals surface area contributed by atoms with E-state index in [2.05, 4.69) is 50.4 Å². The molecular formula is C19H29N. The van der Waals surface area contributed by atoms with E-state index in [1.165, 1.54) is 48.8 Å². The van der Waals surface area contributed by atoms with Gasteiger partial charge in [0.15, 0.2) is 0 Å². The molecule has 0 radical (unpaired) electrons. The van der Waals surface area contributed by atoms with E-state index in [0.29, 0.717) is 6.04 Å². The molecular weight excluding hydrogens is 242 g/mol. The molecule has 1 atom stereocenters. The zero-order valence-electron chi connectivity index (χ0n) is 13.3. The standard InChI is InChI=1S/C19H29N/c1-4-10-20-19(18-8-6-5-7-9-18)14-17-12-15(2)11-16(3)13-17/h8,11-13,19-20H,4-7,9-10,14H2,1-3H3. The minimum Gasteiger partial charge on any atom is -0.310 e. The normalized spacial score (nSPS) is 16.9. The van der Waals surface area contributed by atoms with Gasteiger partial charge in [-0.05, 0) is 64.5 Å². The second-order valence-electron chi connectivity index (χ2n) is 6.23. The maximum Gasteiger partial charge on any atom is 0.0320 e. The van der Waals surface area contributed by atoms with Gasteiger partial charge < -0.3 is 5.32 Å². The summed E-state index contributed by atoms with van der Waals surface area (Å²) in [6.07, 6.45) is 10.1. The quantitative estimate of drug-likeness (QED) is 0.739. The number of aryl methyl sites for hydroxylation is 2. The maximum atomic E-state index is 3.76. The fraction of sp³-hybridized carbons (Fsp3) is 0.579. The van der Waals surface area contributed by atoms with Crippen molar-refractivity contribution >= 4 is 0 Å². The molecule has 1 heteroatoms. The van der Waals surface area contributed by atoms with Crippen LogP contribution in [0.2, 0.25) is 0 Å². The lowest BCUT2D eigenvalue weighted by Crippen LogP contribution is -2.34. The Balaban J connectivity index is 2.11. The Bertz CT molecular complexity index is 439. The minimum atomic E-state index is 0.538. The third-order valence-electron chi connectivity index (χ3n) is 4.14. The van der Waals surface area contributed by atoms with Crippen LogP contribution in [0.5, 0.6) is 0 Å². The topological polar surface area (TPSA) is 12.0 Å². The van der Waals surface area contributed by atoms with Crippen LogP contribution in [-0.2, 0) is 6.42 Å². The van der Waals surface area contributed by atoms with E-state index in [9.17, 15) is 0 Å². The average molecular weight is 271 g/mol. The lowest BCUT2D eigenvalue weighted by Gasteiger charge is -2.25. The van der Waals surface area contributed by atoms with Crippen molar-refractivity contribution < 1.29 is 0 Å². The highest BCUT2D eigenvalue weighted by atomic mass is 14.9. The molecule has 1 N–H and O–H groups in total.